The molecule has 2 aromatic heterocycles. The van der Waals surface area contributed by atoms with Crippen molar-refractivity contribution in [2.75, 3.05) is 9.80 Å². The van der Waals surface area contributed by atoms with E-state index in [1.807, 2.05) is 0 Å². The molecule has 0 atom stereocenters. The second-order valence-corrected chi connectivity index (χ2v) is 23.5. The zero-order valence-electron chi connectivity index (χ0n) is 48.6. The van der Waals surface area contributed by atoms with Crippen LogP contribution in [0.3, 0.4) is 0 Å². The van der Waals surface area contributed by atoms with E-state index in [2.05, 4.69) is 359 Å². The number of benzene rings is 15. The van der Waals surface area contributed by atoms with Gasteiger partial charge in [-0.2, -0.15) is 0 Å². The molecule has 0 saturated heterocycles. The molecule has 0 unspecified atom stereocenters. The molecule has 2 heterocycles. The summed E-state index contributed by atoms with van der Waals surface area (Å²) in [7, 11) is 0. The van der Waals surface area contributed by atoms with E-state index in [1.54, 1.807) is 0 Å². The molecule has 89 heavy (non-hydrogen) atoms. The van der Waals surface area contributed by atoms with Crippen LogP contribution in [-0.4, -0.2) is 9.13 Å². The van der Waals surface area contributed by atoms with Gasteiger partial charge in [-0.3, -0.25) is 0 Å². The molecule has 0 aliphatic heterocycles. The van der Waals surface area contributed by atoms with Gasteiger partial charge >= 0.3 is 0 Å². The van der Waals surface area contributed by atoms with Crippen LogP contribution >= 0.6 is 0 Å². The lowest BCUT2D eigenvalue weighted by Gasteiger charge is -2.36. The summed E-state index contributed by atoms with van der Waals surface area (Å²) in [5, 5.41) is 12.1. The Morgan fingerprint density at radius 1 is 0.225 bits per heavy atom. The van der Waals surface area contributed by atoms with E-state index in [0.717, 1.165) is 51.0 Å². The Hall–Kier alpha value is -11.7. The number of nitrogens with zero attached hydrogens (tertiary/aromatic N) is 4. The van der Waals surface area contributed by atoms with Crippen LogP contribution in [0.5, 0.6) is 0 Å². The molecule has 0 spiro atoms. The minimum atomic E-state index is -0.789. The third kappa shape index (κ3) is 7.60. The number of para-hydroxylation sites is 6. The Morgan fingerprint density at radius 3 is 1.11 bits per heavy atom. The minimum Gasteiger partial charge on any atom is -0.310 e. The van der Waals surface area contributed by atoms with E-state index in [4.69, 9.17) is 0 Å². The van der Waals surface area contributed by atoms with Gasteiger partial charge in [0.1, 0.15) is 0 Å². The lowest BCUT2D eigenvalue weighted by Crippen LogP contribution is -2.29. The first-order chi connectivity index (χ1) is 44.2. The van der Waals surface area contributed by atoms with Crippen molar-refractivity contribution in [1.82, 2.24) is 9.13 Å². The van der Waals surface area contributed by atoms with Crippen LogP contribution in [0.4, 0.5) is 34.1 Å². The molecule has 0 fully saturated rings. The third-order valence-electron chi connectivity index (χ3n) is 18.9. The van der Waals surface area contributed by atoms with Gasteiger partial charge in [-0.1, -0.05) is 224 Å². The summed E-state index contributed by atoms with van der Waals surface area (Å²) in [4.78, 5) is 4.96. The Bertz CT molecular complexity index is 5560. The number of hydrogen-bond acceptors (Lipinski definition) is 2. The van der Waals surface area contributed by atoms with Crippen LogP contribution in [0.25, 0.3) is 98.4 Å². The molecule has 4 heteroatoms. The highest BCUT2D eigenvalue weighted by atomic mass is 15.2. The van der Waals surface area contributed by atoms with Gasteiger partial charge in [0.2, 0.25) is 0 Å². The zero-order chi connectivity index (χ0) is 58.6. The van der Waals surface area contributed by atoms with Crippen molar-refractivity contribution in [2.45, 2.75) is 5.41 Å². The molecule has 0 N–H and O–H groups in total. The van der Waals surface area contributed by atoms with Crippen molar-refractivity contribution >= 4 is 110 Å². The second kappa shape index (κ2) is 20.2. The average Bonchev–Trinajstić information content (AvgIpc) is 1.52. The second-order valence-electron chi connectivity index (χ2n) is 23.5. The number of anilines is 6. The fraction of sp³-hybridized carbons (Fsp3) is 0.0118. The van der Waals surface area contributed by atoms with Crippen molar-refractivity contribution in [3.8, 4) is 22.5 Å². The fourth-order valence-corrected chi connectivity index (χ4v) is 15.3. The minimum absolute atomic E-state index is 0.789. The maximum atomic E-state index is 2.57. The summed E-state index contributed by atoms with van der Waals surface area (Å²) in [6, 6.07) is 126. The van der Waals surface area contributed by atoms with Gasteiger partial charge in [0, 0.05) is 66.7 Å². The summed E-state index contributed by atoms with van der Waals surface area (Å²) in [6.07, 6.45) is 0. The van der Waals surface area contributed by atoms with E-state index in [9.17, 15) is 0 Å². The summed E-state index contributed by atoms with van der Waals surface area (Å²) in [5.41, 5.74) is 20.2. The number of hydrogen-bond donors (Lipinski definition) is 0. The van der Waals surface area contributed by atoms with Crippen molar-refractivity contribution in [3.05, 3.63) is 362 Å². The fourth-order valence-electron chi connectivity index (χ4n) is 15.3. The molecule has 1 aliphatic rings. The molecular weight excluding hydrogens is 1080 g/mol. The van der Waals surface area contributed by atoms with Gasteiger partial charge in [0.05, 0.1) is 33.2 Å². The first kappa shape index (κ1) is 50.6. The van der Waals surface area contributed by atoms with Crippen molar-refractivity contribution in [3.63, 3.8) is 0 Å². The maximum Gasteiger partial charge on any atom is 0.0720 e. The van der Waals surface area contributed by atoms with Gasteiger partial charge in [-0.25, -0.2) is 0 Å². The topological polar surface area (TPSA) is 16.3 Å². The van der Waals surface area contributed by atoms with Crippen molar-refractivity contribution < 1.29 is 0 Å². The summed E-state index contributed by atoms with van der Waals surface area (Å²) < 4.78 is 4.80. The van der Waals surface area contributed by atoms with E-state index in [-0.39, 0.29) is 0 Å². The van der Waals surface area contributed by atoms with Gasteiger partial charge in [0.15, 0.2) is 0 Å². The van der Waals surface area contributed by atoms with Crippen LogP contribution in [0.1, 0.15) is 22.3 Å². The normalized spacial score (nSPS) is 12.6. The lowest BCUT2D eigenvalue weighted by atomic mass is 9.66. The molecule has 0 saturated carbocycles. The quantitative estimate of drug-likeness (QED) is 0.127. The highest BCUT2D eigenvalue weighted by molar-refractivity contribution is 6.24. The summed E-state index contributed by atoms with van der Waals surface area (Å²) in [5.74, 6) is 0. The molecule has 416 valence electrons. The molecule has 17 aromatic rings. The van der Waals surface area contributed by atoms with Crippen molar-refractivity contribution in [2.24, 2.45) is 0 Å². The first-order valence-electron chi connectivity index (χ1n) is 30.7. The molecule has 0 amide bonds. The van der Waals surface area contributed by atoms with Gasteiger partial charge in [-0.05, 0) is 176 Å². The highest BCUT2D eigenvalue weighted by Gasteiger charge is 2.49. The Balaban J connectivity index is 0.916. The predicted octanol–water partition coefficient (Wildman–Crippen LogP) is 22.6. The number of rotatable bonds is 10. The standard InChI is InChI=1S/C85H56N4/c1-7-27-57(28-8-1)85(58-29-9-2-10-30-58)76-56-81(87(60-33-13-4-14-34-60)65-49-52-80-75(55-65)69-42-24-26-46-78(69)89(80)62-37-17-6-18-38-62)67-40-20-22-44-71(67)82(76)83-70-43-21-19-39-66(70)73-53-63(47-50-72(73)84(83)85)86(59-31-11-3-12-32-59)64-48-51-79-74(54-64)68-41-23-25-45-77(68)88(79)61-35-15-5-16-36-61/h1-56H. The Kier molecular flexibility index (Phi) is 11.5. The van der Waals surface area contributed by atoms with Crippen LogP contribution < -0.4 is 9.80 Å². The van der Waals surface area contributed by atoms with Crippen LogP contribution in [0, 0.1) is 0 Å². The highest BCUT2D eigenvalue weighted by Crippen LogP contribution is 2.63. The molecule has 1 aliphatic carbocycles. The number of fused-ring (bicyclic) bond motifs is 16. The molecule has 15 aromatic carbocycles. The molecule has 18 rings (SSSR count). The van der Waals surface area contributed by atoms with Crippen LogP contribution in [-0.2, 0) is 5.41 Å². The van der Waals surface area contributed by atoms with E-state index in [1.165, 1.54) is 104 Å². The van der Waals surface area contributed by atoms with E-state index in [0.29, 0.717) is 0 Å². The van der Waals surface area contributed by atoms with E-state index < -0.39 is 5.41 Å². The number of aromatic nitrogens is 2. The van der Waals surface area contributed by atoms with Crippen LogP contribution in [0.2, 0.25) is 0 Å². The molecular formula is C85H56N4. The average molecular weight is 1130 g/mol. The predicted molar refractivity (Wildman–Crippen MR) is 374 cm³/mol. The SMILES string of the molecule is c1ccc(N(c2ccc3c4c(c5ccccc5c3c2)-c2c(cc(N(c3ccccc3)c3ccc5c(c3)c3ccccc3n5-c3ccccc3)c3ccccc23)C4(c2ccccc2)c2ccccc2)c2ccc3c(c2)c2ccccc2n3-c2ccccc2)cc1. The van der Waals surface area contributed by atoms with Gasteiger partial charge in [-0.15, -0.1) is 0 Å². The van der Waals surface area contributed by atoms with Gasteiger partial charge < -0.3 is 18.9 Å². The molecule has 0 bridgehead atoms. The summed E-state index contributed by atoms with van der Waals surface area (Å²) in [6.45, 7) is 0. The third-order valence-corrected chi connectivity index (χ3v) is 18.9. The summed E-state index contributed by atoms with van der Waals surface area (Å²) >= 11 is 0. The Morgan fingerprint density at radius 2 is 0.596 bits per heavy atom. The monoisotopic (exact) mass is 1130 g/mol. The maximum absolute atomic E-state index is 2.57. The molecule has 0 radical (unpaired) electrons. The smallest absolute Gasteiger partial charge is 0.0720 e. The first-order valence-corrected chi connectivity index (χ1v) is 30.7. The largest absolute Gasteiger partial charge is 0.310 e. The molecule has 4 nitrogen and oxygen atoms in total. The van der Waals surface area contributed by atoms with E-state index >= 15 is 0 Å². The van der Waals surface area contributed by atoms with Crippen LogP contribution in [0.15, 0.2) is 340 Å². The Labute approximate surface area is 515 Å². The van der Waals surface area contributed by atoms with Gasteiger partial charge in [0.25, 0.3) is 0 Å². The van der Waals surface area contributed by atoms with Crippen molar-refractivity contribution in [1.29, 1.82) is 0 Å². The zero-order valence-corrected chi connectivity index (χ0v) is 48.6. The lowest BCUT2D eigenvalue weighted by molar-refractivity contribution is 0.776.